The quantitative estimate of drug-likeness (QED) is 0.351. The average Bonchev–Trinajstić information content (AvgIpc) is 3.34. The fourth-order valence-corrected chi connectivity index (χ4v) is 3.00. The van der Waals surface area contributed by atoms with Crippen molar-refractivity contribution in [2.75, 3.05) is 27.2 Å². The van der Waals surface area contributed by atoms with Gasteiger partial charge in [-0.2, -0.15) is 0 Å². The van der Waals surface area contributed by atoms with Gasteiger partial charge in [-0.25, -0.2) is 4.79 Å². The first-order chi connectivity index (χ1) is 16.6. The zero-order valence-corrected chi connectivity index (χ0v) is 19.7. The molecule has 1 aliphatic heterocycles. The van der Waals surface area contributed by atoms with Crippen LogP contribution in [-0.2, 0) is 24.0 Å². The Morgan fingerprint density at radius 3 is 2.26 bits per heavy atom. The zero-order valence-electron chi connectivity index (χ0n) is 19.7. The molecule has 0 saturated carbocycles. The van der Waals surface area contributed by atoms with Crippen LogP contribution in [-0.4, -0.2) is 77.3 Å². The molecule has 0 spiro atoms. The van der Waals surface area contributed by atoms with Crippen molar-refractivity contribution in [3.05, 3.63) is 54.0 Å². The molecule has 1 unspecified atom stereocenters. The summed E-state index contributed by atoms with van der Waals surface area (Å²) in [7, 11) is 2.86. The highest BCUT2D eigenvalue weighted by Gasteiger charge is 2.35. The number of likely N-dealkylation sites (N-methyl/N-ethyl adjacent to an activating group) is 1. The van der Waals surface area contributed by atoms with Crippen LogP contribution in [0.1, 0.15) is 31.2 Å². The van der Waals surface area contributed by atoms with E-state index in [0.29, 0.717) is 11.3 Å². The fraction of sp³-hybridized carbons (Fsp3) is 0.304. The van der Waals surface area contributed by atoms with E-state index in [2.05, 4.69) is 15.3 Å². The number of nitrogens with zero attached hydrogens (tertiary/aromatic N) is 3. The molecule has 2 aromatic rings. The second-order valence-electron chi connectivity index (χ2n) is 7.42. The number of aromatic hydroxyl groups is 1. The molecule has 4 amide bonds. The molecule has 35 heavy (non-hydrogen) atoms. The lowest BCUT2D eigenvalue weighted by Crippen LogP contribution is -2.57. The summed E-state index contributed by atoms with van der Waals surface area (Å²) in [5.41, 5.74) is 0.666. The first kappa shape index (κ1) is 26.8. The minimum atomic E-state index is -0.967. The number of ketones is 2. The van der Waals surface area contributed by atoms with Gasteiger partial charge in [-0.05, 0) is 36.8 Å². The number of carbonyl (C=O) groups excluding carboxylic acids is 5. The lowest BCUT2D eigenvalue weighted by molar-refractivity contribution is -0.152. The third-order valence-electron chi connectivity index (χ3n) is 4.85. The van der Waals surface area contributed by atoms with Crippen molar-refractivity contribution in [2.24, 2.45) is 5.16 Å². The average molecular weight is 486 g/mol. The molecule has 186 valence electrons. The van der Waals surface area contributed by atoms with Crippen LogP contribution in [0.2, 0.25) is 0 Å². The van der Waals surface area contributed by atoms with E-state index in [1.54, 1.807) is 12.1 Å². The Morgan fingerprint density at radius 1 is 1.09 bits per heavy atom. The lowest BCUT2D eigenvalue weighted by Gasteiger charge is -2.31. The van der Waals surface area contributed by atoms with Gasteiger partial charge in [-0.15, -0.1) is 0 Å². The number of phenols is 1. The Balaban J connectivity index is 0.000000303. The molecule has 0 radical (unpaired) electrons. The van der Waals surface area contributed by atoms with E-state index in [9.17, 15) is 29.1 Å². The van der Waals surface area contributed by atoms with Crippen LogP contribution in [0.4, 0.5) is 4.79 Å². The smallest absolute Gasteiger partial charge is 0.325 e. The maximum absolute atomic E-state index is 12.2. The lowest BCUT2D eigenvalue weighted by atomic mass is 10.0. The third kappa shape index (κ3) is 7.00. The highest BCUT2D eigenvalue weighted by molar-refractivity contribution is 6.44. The Labute approximate surface area is 201 Å². The Hall–Kier alpha value is -4.48. The number of rotatable bonds is 6. The second kappa shape index (κ2) is 12.1. The van der Waals surface area contributed by atoms with Crippen LogP contribution in [0, 0.1) is 0 Å². The van der Waals surface area contributed by atoms with Crippen LogP contribution in [0.3, 0.4) is 0 Å². The maximum atomic E-state index is 12.2. The van der Waals surface area contributed by atoms with Crippen LogP contribution in [0.15, 0.2) is 52.2 Å². The zero-order chi connectivity index (χ0) is 26.1. The van der Waals surface area contributed by atoms with E-state index in [1.807, 2.05) is 0 Å². The summed E-state index contributed by atoms with van der Waals surface area (Å²) in [5.74, 6) is -1.77. The van der Waals surface area contributed by atoms with E-state index < -0.39 is 23.9 Å². The van der Waals surface area contributed by atoms with E-state index >= 15 is 0 Å². The largest absolute Gasteiger partial charge is 0.508 e. The number of amides is 4. The molecule has 1 fully saturated rings. The van der Waals surface area contributed by atoms with Gasteiger partial charge in [0.25, 0.3) is 0 Å². The molecule has 1 aliphatic rings. The van der Waals surface area contributed by atoms with Crippen molar-refractivity contribution < 1.29 is 38.3 Å². The molecular weight excluding hydrogens is 460 g/mol. The Kier molecular flexibility index (Phi) is 9.27. The number of hydrogen-bond donors (Lipinski definition) is 2. The first-order valence-electron chi connectivity index (χ1n) is 10.4. The number of furan rings is 1. The number of urea groups is 1. The number of phenolic OH excluding ortho intramolecular Hbond substituents is 1. The number of imide groups is 1. The van der Waals surface area contributed by atoms with Gasteiger partial charge in [0.15, 0.2) is 23.0 Å². The van der Waals surface area contributed by atoms with Crippen LogP contribution in [0.25, 0.3) is 0 Å². The Morgan fingerprint density at radius 2 is 1.74 bits per heavy atom. The normalized spacial score (nSPS) is 14.6. The highest BCUT2D eigenvalue weighted by Crippen LogP contribution is 2.18. The topological polar surface area (TPSA) is 159 Å². The molecule has 3 rings (SSSR count). The van der Waals surface area contributed by atoms with Crippen molar-refractivity contribution in [2.45, 2.75) is 19.9 Å². The summed E-state index contributed by atoms with van der Waals surface area (Å²) in [6.45, 7) is 3.00. The number of benzene rings is 1. The van der Waals surface area contributed by atoms with Gasteiger partial charge in [0.2, 0.25) is 0 Å². The van der Waals surface area contributed by atoms with Crippen LogP contribution < -0.4 is 5.32 Å². The van der Waals surface area contributed by atoms with E-state index in [1.165, 1.54) is 63.4 Å². The summed E-state index contributed by atoms with van der Waals surface area (Å²) in [5, 5.41) is 15.3. The number of hydrogen-bond acceptors (Lipinski definition) is 9. The fourth-order valence-electron chi connectivity index (χ4n) is 3.00. The van der Waals surface area contributed by atoms with Crippen LogP contribution in [0.5, 0.6) is 5.75 Å². The van der Waals surface area contributed by atoms with Gasteiger partial charge in [0.05, 0.1) is 6.26 Å². The van der Waals surface area contributed by atoms with Gasteiger partial charge in [0.1, 0.15) is 18.9 Å². The minimum absolute atomic E-state index is 0.0298. The van der Waals surface area contributed by atoms with Crippen molar-refractivity contribution in [1.29, 1.82) is 0 Å². The summed E-state index contributed by atoms with van der Waals surface area (Å²) in [6, 6.07) is 7.35. The predicted molar refractivity (Wildman–Crippen MR) is 122 cm³/mol. The molecule has 1 atom stereocenters. The van der Waals surface area contributed by atoms with Crippen molar-refractivity contribution >= 4 is 35.1 Å². The summed E-state index contributed by atoms with van der Waals surface area (Å²) < 4.78 is 4.98. The molecule has 12 nitrogen and oxygen atoms in total. The number of oxime groups is 1. The Bertz CT molecular complexity index is 1110. The molecule has 1 aromatic heterocycles. The van der Waals surface area contributed by atoms with E-state index in [-0.39, 0.29) is 36.1 Å². The van der Waals surface area contributed by atoms with Gasteiger partial charge >= 0.3 is 17.8 Å². The summed E-state index contributed by atoms with van der Waals surface area (Å²) in [4.78, 5) is 65.0. The van der Waals surface area contributed by atoms with E-state index in [4.69, 9.17) is 4.42 Å². The molecule has 2 N–H and O–H groups in total. The summed E-state index contributed by atoms with van der Waals surface area (Å²) in [6.07, 6.45) is 1.48. The van der Waals surface area contributed by atoms with Crippen molar-refractivity contribution in [1.82, 2.24) is 15.1 Å². The van der Waals surface area contributed by atoms with Gasteiger partial charge in [0, 0.05) is 27.1 Å². The standard InChI is InChI=1S/C15H17N3O5.C8H9NO3/c1-9(19)12(10-3-5-11(20)6-4-10)16-15(23)18-8-7-17(2)13(21)14(18)22;1-6(10)8(9-11-2)7-4-3-5-12-7/h3-6,12,20H,7-8H2,1-2H3,(H,16,23);3-5H,1-2H3/b;9-8+. The molecular formula is C23H26N4O8. The molecule has 0 aliphatic carbocycles. The number of carbonyl (C=O) groups is 5. The maximum Gasteiger partial charge on any atom is 0.325 e. The predicted octanol–water partition coefficient (Wildman–Crippen LogP) is 1.25. The minimum Gasteiger partial charge on any atom is -0.508 e. The van der Waals surface area contributed by atoms with Gasteiger partial charge in [-0.1, -0.05) is 17.3 Å². The third-order valence-corrected chi connectivity index (χ3v) is 4.85. The number of piperazine rings is 1. The first-order valence-corrected chi connectivity index (χ1v) is 10.4. The second-order valence-corrected chi connectivity index (χ2v) is 7.42. The number of Topliss-reactive ketones (excluding diaryl/α,β-unsaturated/α-hetero) is 2. The van der Waals surface area contributed by atoms with Gasteiger partial charge < -0.3 is 24.6 Å². The van der Waals surface area contributed by atoms with E-state index in [0.717, 1.165) is 4.90 Å². The molecule has 1 aromatic carbocycles. The van der Waals surface area contributed by atoms with Gasteiger partial charge in [-0.3, -0.25) is 24.1 Å². The van der Waals surface area contributed by atoms with Crippen molar-refractivity contribution in [3.8, 4) is 5.75 Å². The number of nitrogens with one attached hydrogen (secondary N) is 1. The highest BCUT2D eigenvalue weighted by atomic mass is 16.6. The molecule has 2 heterocycles. The van der Waals surface area contributed by atoms with Crippen molar-refractivity contribution in [3.63, 3.8) is 0 Å². The SMILES string of the molecule is CC(=O)C(NC(=O)N1CCN(C)C(=O)C1=O)c1ccc(O)cc1.CO/N=C(\C(C)=O)c1ccco1. The monoisotopic (exact) mass is 486 g/mol. The summed E-state index contributed by atoms with van der Waals surface area (Å²) >= 11 is 0. The van der Waals surface area contributed by atoms with Crippen LogP contribution >= 0.6 is 0 Å². The molecule has 1 saturated heterocycles. The molecule has 12 heteroatoms. The molecule has 0 bridgehead atoms.